The van der Waals surface area contributed by atoms with Crippen molar-refractivity contribution in [2.24, 2.45) is 0 Å². The van der Waals surface area contributed by atoms with E-state index in [0.29, 0.717) is 0 Å². The molecule has 0 saturated carbocycles. The summed E-state index contributed by atoms with van der Waals surface area (Å²) in [5.74, 6) is 0. The lowest BCUT2D eigenvalue weighted by Gasteiger charge is -2.14. The van der Waals surface area contributed by atoms with Gasteiger partial charge in [-0.25, -0.2) is 0 Å². The predicted molar refractivity (Wildman–Crippen MR) is 117 cm³/mol. The number of allylic oxidation sites excluding steroid dienone is 1. The van der Waals surface area contributed by atoms with Crippen LogP contribution in [0, 0.1) is 6.92 Å². The van der Waals surface area contributed by atoms with Crippen molar-refractivity contribution in [1.82, 2.24) is 4.57 Å². The van der Waals surface area contributed by atoms with Gasteiger partial charge in [-0.15, -0.1) is 0 Å². The molecule has 0 radical (unpaired) electrons. The first-order valence-corrected chi connectivity index (χ1v) is 9.28. The molecule has 0 bridgehead atoms. The lowest BCUT2D eigenvalue weighted by atomic mass is 9.99. The van der Waals surface area contributed by atoms with E-state index in [2.05, 4.69) is 110 Å². The maximum Gasteiger partial charge on any atom is 0.0613 e. The smallest absolute Gasteiger partial charge is 0.0613 e. The summed E-state index contributed by atoms with van der Waals surface area (Å²) in [7, 11) is 0. The van der Waals surface area contributed by atoms with Crippen molar-refractivity contribution < 1.29 is 0 Å². The minimum Gasteiger partial charge on any atom is -0.309 e. The molecule has 0 N–H and O–H groups in total. The highest BCUT2D eigenvalue weighted by Crippen LogP contribution is 2.37. The zero-order valence-electron chi connectivity index (χ0n) is 15.8. The third-order valence-corrected chi connectivity index (χ3v) is 4.92. The van der Waals surface area contributed by atoms with Gasteiger partial charge < -0.3 is 4.57 Å². The lowest BCUT2D eigenvalue weighted by Crippen LogP contribution is -2.01. The number of nitrogens with zero attached hydrogens (tertiary/aromatic N) is 1. The summed E-state index contributed by atoms with van der Waals surface area (Å²) in [6.45, 7) is 8.70. The van der Waals surface area contributed by atoms with Crippen LogP contribution in [-0.4, -0.2) is 4.57 Å². The molecule has 1 aromatic heterocycles. The third-order valence-electron chi connectivity index (χ3n) is 4.92. The molecule has 1 heteroatoms. The Kier molecular flexibility index (Phi) is 4.52. The average molecular weight is 349 g/mol. The summed E-state index contributed by atoms with van der Waals surface area (Å²) in [5, 5.41) is 1.25. The zero-order chi connectivity index (χ0) is 18.8. The normalized spacial score (nSPS) is 11.3. The third kappa shape index (κ3) is 3.02. The van der Waals surface area contributed by atoms with Crippen LogP contribution in [0.1, 0.15) is 29.3 Å². The molecule has 0 fully saturated rings. The van der Waals surface area contributed by atoms with Gasteiger partial charge in [0.25, 0.3) is 0 Å². The first-order chi connectivity index (χ1) is 13.2. The number of fused-ring (bicyclic) bond motifs is 1. The van der Waals surface area contributed by atoms with Crippen molar-refractivity contribution >= 4 is 22.6 Å². The maximum absolute atomic E-state index is 4.49. The second kappa shape index (κ2) is 7.13. The van der Waals surface area contributed by atoms with Crippen molar-refractivity contribution in [2.45, 2.75) is 13.8 Å². The Morgan fingerprint density at radius 2 is 1.56 bits per heavy atom. The number of aromatic nitrogens is 1. The number of rotatable bonds is 4. The Bertz CT molecular complexity index is 1130. The van der Waals surface area contributed by atoms with Crippen molar-refractivity contribution in [3.63, 3.8) is 0 Å². The van der Waals surface area contributed by atoms with E-state index in [-0.39, 0.29) is 0 Å². The van der Waals surface area contributed by atoms with Crippen LogP contribution in [0.15, 0.2) is 91.5 Å². The molecule has 0 amide bonds. The number of hydrogen-bond acceptors (Lipinski definition) is 0. The standard InChI is InChI=1S/C26H23N/c1-4-11-23-24-18-19(2)16-17-25(24)27(22-14-9-6-10-15-22)26(23)20(3)21-12-7-5-8-13-21/h4-18H,3H2,1-2H3/b11-4-. The topological polar surface area (TPSA) is 4.93 Å². The molecule has 132 valence electrons. The number of aryl methyl sites for hydroxylation is 1. The predicted octanol–water partition coefficient (Wildman–Crippen LogP) is 7.03. The highest BCUT2D eigenvalue weighted by Gasteiger charge is 2.19. The number of benzene rings is 3. The van der Waals surface area contributed by atoms with Gasteiger partial charge in [-0.1, -0.05) is 78.9 Å². The fourth-order valence-corrected chi connectivity index (χ4v) is 3.68. The van der Waals surface area contributed by atoms with Crippen LogP contribution in [0.3, 0.4) is 0 Å². The van der Waals surface area contributed by atoms with Crippen molar-refractivity contribution in [2.75, 3.05) is 0 Å². The molecule has 0 unspecified atom stereocenters. The maximum atomic E-state index is 4.49. The van der Waals surface area contributed by atoms with Crippen LogP contribution in [0.5, 0.6) is 0 Å². The Morgan fingerprint density at radius 3 is 2.22 bits per heavy atom. The van der Waals surface area contributed by atoms with Gasteiger partial charge in [-0.2, -0.15) is 0 Å². The van der Waals surface area contributed by atoms with Gasteiger partial charge in [0, 0.05) is 16.6 Å². The van der Waals surface area contributed by atoms with Crippen LogP contribution in [-0.2, 0) is 0 Å². The minimum atomic E-state index is 1.03. The van der Waals surface area contributed by atoms with E-state index in [0.717, 1.165) is 22.5 Å². The summed E-state index contributed by atoms with van der Waals surface area (Å²) >= 11 is 0. The first kappa shape index (κ1) is 17.1. The zero-order valence-corrected chi connectivity index (χ0v) is 15.8. The molecular formula is C26H23N. The van der Waals surface area contributed by atoms with E-state index in [4.69, 9.17) is 0 Å². The fraction of sp³-hybridized carbons (Fsp3) is 0.0769. The van der Waals surface area contributed by atoms with E-state index in [1.54, 1.807) is 0 Å². The summed E-state index contributed by atoms with van der Waals surface area (Å²) in [6, 6.07) is 27.6. The van der Waals surface area contributed by atoms with E-state index in [1.165, 1.54) is 22.0 Å². The van der Waals surface area contributed by atoms with Gasteiger partial charge in [0.05, 0.1) is 11.2 Å². The lowest BCUT2D eigenvalue weighted by molar-refractivity contribution is 1.09. The van der Waals surface area contributed by atoms with E-state index >= 15 is 0 Å². The van der Waals surface area contributed by atoms with Crippen molar-refractivity contribution in [1.29, 1.82) is 0 Å². The quantitative estimate of drug-likeness (QED) is 0.372. The molecule has 3 aromatic carbocycles. The molecule has 0 aliphatic carbocycles. The van der Waals surface area contributed by atoms with E-state index in [1.807, 2.05) is 6.07 Å². The summed E-state index contributed by atoms with van der Waals surface area (Å²) < 4.78 is 2.33. The molecule has 27 heavy (non-hydrogen) atoms. The van der Waals surface area contributed by atoms with Gasteiger partial charge in [0.1, 0.15) is 0 Å². The largest absolute Gasteiger partial charge is 0.309 e. The Morgan fingerprint density at radius 1 is 0.889 bits per heavy atom. The highest BCUT2D eigenvalue weighted by atomic mass is 15.0. The molecular weight excluding hydrogens is 326 g/mol. The van der Waals surface area contributed by atoms with Crippen LogP contribution in [0.4, 0.5) is 0 Å². The molecule has 0 aliphatic heterocycles. The molecule has 1 nitrogen and oxygen atoms in total. The molecule has 0 saturated heterocycles. The van der Waals surface area contributed by atoms with E-state index in [9.17, 15) is 0 Å². The van der Waals surface area contributed by atoms with Crippen molar-refractivity contribution in [3.8, 4) is 5.69 Å². The van der Waals surface area contributed by atoms with Gasteiger partial charge in [-0.3, -0.25) is 0 Å². The highest BCUT2D eigenvalue weighted by molar-refractivity contribution is 5.99. The van der Waals surface area contributed by atoms with E-state index < -0.39 is 0 Å². The Hall–Kier alpha value is -3.32. The van der Waals surface area contributed by atoms with Gasteiger partial charge >= 0.3 is 0 Å². The summed E-state index contributed by atoms with van der Waals surface area (Å²) in [5.41, 5.74) is 8.14. The van der Waals surface area contributed by atoms with Gasteiger partial charge in [0.2, 0.25) is 0 Å². The molecule has 4 rings (SSSR count). The summed E-state index contributed by atoms with van der Waals surface area (Å²) in [4.78, 5) is 0. The molecule has 0 aliphatic rings. The van der Waals surface area contributed by atoms with Crippen molar-refractivity contribution in [3.05, 3.63) is 114 Å². The average Bonchev–Trinajstić information content (AvgIpc) is 3.02. The molecule has 1 heterocycles. The Balaban J connectivity index is 2.12. The fourth-order valence-electron chi connectivity index (χ4n) is 3.68. The molecule has 0 atom stereocenters. The van der Waals surface area contributed by atoms with Crippen LogP contribution >= 0.6 is 0 Å². The van der Waals surface area contributed by atoms with Crippen LogP contribution in [0.2, 0.25) is 0 Å². The first-order valence-electron chi connectivity index (χ1n) is 9.28. The summed E-state index contributed by atoms with van der Waals surface area (Å²) in [6.07, 6.45) is 4.30. The second-order valence-electron chi connectivity index (χ2n) is 6.80. The monoisotopic (exact) mass is 349 g/mol. The number of hydrogen-bond donors (Lipinski definition) is 0. The SMILES string of the molecule is C=C(c1ccccc1)c1c(/C=C\C)c2cc(C)ccc2n1-c1ccccc1. The van der Waals surface area contributed by atoms with Crippen LogP contribution < -0.4 is 0 Å². The molecule has 4 aromatic rings. The van der Waals surface area contributed by atoms with Gasteiger partial charge in [0.15, 0.2) is 0 Å². The Labute approximate surface area is 160 Å². The number of para-hydroxylation sites is 1. The second-order valence-corrected chi connectivity index (χ2v) is 6.80. The van der Waals surface area contributed by atoms with Crippen LogP contribution in [0.25, 0.3) is 28.2 Å². The molecule has 0 spiro atoms. The van der Waals surface area contributed by atoms with Gasteiger partial charge in [-0.05, 0) is 49.2 Å². The minimum absolute atomic E-state index is 1.03.